The number of anilines is 1. The van der Waals surface area contributed by atoms with Crippen LogP contribution in [-0.4, -0.2) is 36.0 Å². The SMILES string of the molecule is CCn1cccc(-c2nnc(SCC(=O)Nc3nc(C)cs3)n2C)c1=O. The lowest BCUT2D eigenvalue weighted by Gasteiger charge is -2.06. The van der Waals surface area contributed by atoms with Gasteiger partial charge in [-0.25, -0.2) is 4.98 Å². The summed E-state index contributed by atoms with van der Waals surface area (Å²) in [6, 6.07) is 3.54. The predicted molar refractivity (Wildman–Crippen MR) is 103 cm³/mol. The van der Waals surface area contributed by atoms with E-state index in [1.165, 1.54) is 23.1 Å². The van der Waals surface area contributed by atoms with Crippen LogP contribution in [-0.2, 0) is 18.4 Å². The van der Waals surface area contributed by atoms with E-state index in [4.69, 9.17) is 0 Å². The van der Waals surface area contributed by atoms with Gasteiger partial charge < -0.3 is 14.5 Å². The third kappa shape index (κ3) is 3.86. The molecule has 0 aliphatic heterocycles. The first-order valence-electron chi connectivity index (χ1n) is 7.93. The highest BCUT2D eigenvalue weighted by Crippen LogP contribution is 2.21. The highest BCUT2D eigenvalue weighted by molar-refractivity contribution is 7.99. The minimum absolute atomic E-state index is 0.112. The normalized spacial score (nSPS) is 10.9. The van der Waals surface area contributed by atoms with Gasteiger partial charge in [0.1, 0.15) is 0 Å². The first-order chi connectivity index (χ1) is 12.5. The molecule has 0 aliphatic carbocycles. The largest absolute Gasteiger partial charge is 0.315 e. The number of hydrogen-bond acceptors (Lipinski definition) is 7. The molecule has 10 heteroatoms. The molecule has 3 heterocycles. The monoisotopic (exact) mass is 390 g/mol. The third-order valence-corrected chi connectivity index (χ3v) is 5.53. The van der Waals surface area contributed by atoms with Gasteiger partial charge in [-0.05, 0) is 26.0 Å². The lowest BCUT2D eigenvalue weighted by Crippen LogP contribution is -2.20. The summed E-state index contributed by atoms with van der Waals surface area (Å²) in [4.78, 5) is 28.7. The van der Waals surface area contributed by atoms with Crippen molar-refractivity contribution in [3.05, 3.63) is 39.8 Å². The van der Waals surface area contributed by atoms with Crippen LogP contribution in [0.2, 0.25) is 0 Å². The molecular formula is C16H18N6O2S2. The van der Waals surface area contributed by atoms with Crippen LogP contribution in [0.25, 0.3) is 11.4 Å². The second-order valence-electron chi connectivity index (χ2n) is 5.51. The van der Waals surface area contributed by atoms with Gasteiger partial charge in [0.05, 0.1) is 17.0 Å². The van der Waals surface area contributed by atoms with Crippen molar-refractivity contribution in [2.24, 2.45) is 7.05 Å². The van der Waals surface area contributed by atoms with E-state index in [2.05, 4.69) is 20.5 Å². The van der Waals surface area contributed by atoms with Crippen LogP contribution in [0.15, 0.2) is 33.7 Å². The fraction of sp³-hybridized carbons (Fsp3) is 0.312. The smallest absolute Gasteiger partial charge is 0.261 e. The van der Waals surface area contributed by atoms with E-state index >= 15 is 0 Å². The number of nitrogens with one attached hydrogen (secondary N) is 1. The standard InChI is InChI=1S/C16H18N6O2S2/c1-4-22-7-5-6-11(14(22)24)13-19-20-16(21(13)3)26-9-12(23)18-15-17-10(2)8-25-15/h5-8H,4,9H2,1-3H3,(H,17,18,23). The van der Waals surface area contributed by atoms with Crippen molar-refractivity contribution in [1.82, 2.24) is 24.3 Å². The minimum atomic E-state index is -0.165. The van der Waals surface area contributed by atoms with Crippen LogP contribution < -0.4 is 10.9 Å². The van der Waals surface area contributed by atoms with Gasteiger partial charge in [-0.15, -0.1) is 21.5 Å². The van der Waals surface area contributed by atoms with E-state index in [1.54, 1.807) is 28.4 Å². The minimum Gasteiger partial charge on any atom is -0.315 e. The summed E-state index contributed by atoms with van der Waals surface area (Å²) < 4.78 is 3.34. The van der Waals surface area contributed by atoms with Crippen LogP contribution in [0.1, 0.15) is 12.6 Å². The Morgan fingerprint density at radius 3 is 2.88 bits per heavy atom. The van der Waals surface area contributed by atoms with Gasteiger partial charge in [0, 0.05) is 25.2 Å². The molecule has 1 N–H and O–H groups in total. The zero-order valence-corrected chi connectivity index (χ0v) is 16.2. The Kier molecular flexibility index (Phi) is 5.52. The first kappa shape index (κ1) is 18.3. The molecule has 0 saturated heterocycles. The number of carbonyl (C=O) groups is 1. The number of amides is 1. The zero-order chi connectivity index (χ0) is 18.7. The highest BCUT2D eigenvalue weighted by atomic mass is 32.2. The Morgan fingerprint density at radius 1 is 1.38 bits per heavy atom. The summed E-state index contributed by atoms with van der Waals surface area (Å²) >= 11 is 2.64. The Morgan fingerprint density at radius 2 is 2.19 bits per heavy atom. The van der Waals surface area contributed by atoms with Crippen molar-refractivity contribution in [2.75, 3.05) is 11.1 Å². The summed E-state index contributed by atoms with van der Waals surface area (Å²) in [7, 11) is 1.78. The second kappa shape index (κ2) is 7.83. The fourth-order valence-corrected chi connectivity index (χ4v) is 3.74. The molecule has 3 rings (SSSR count). The maximum absolute atomic E-state index is 12.4. The molecule has 26 heavy (non-hydrogen) atoms. The molecule has 0 fully saturated rings. The summed E-state index contributed by atoms with van der Waals surface area (Å²) in [5.74, 6) is 0.497. The van der Waals surface area contributed by atoms with Gasteiger partial charge in [0.15, 0.2) is 16.1 Å². The molecule has 0 spiro atoms. The fourth-order valence-electron chi connectivity index (χ4n) is 2.33. The van der Waals surface area contributed by atoms with Gasteiger partial charge in [-0.1, -0.05) is 11.8 Å². The number of thioether (sulfide) groups is 1. The van der Waals surface area contributed by atoms with Crippen molar-refractivity contribution in [2.45, 2.75) is 25.5 Å². The second-order valence-corrected chi connectivity index (χ2v) is 7.31. The molecule has 3 aromatic rings. The maximum Gasteiger partial charge on any atom is 0.261 e. The van der Waals surface area contributed by atoms with Gasteiger partial charge >= 0.3 is 0 Å². The number of nitrogens with zero attached hydrogens (tertiary/aromatic N) is 5. The Bertz CT molecular complexity index is 991. The molecule has 0 aliphatic rings. The molecule has 0 radical (unpaired) electrons. The number of rotatable bonds is 6. The van der Waals surface area contributed by atoms with Crippen molar-refractivity contribution in [3.63, 3.8) is 0 Å². The van der Waals surface area contributed by atoms with E-state index in [0.29, 0.717) is 28.2 Å². The van der Waals surface area contributed by atoms with Crippen molar-refractivity contribution in [1.29, 1.82) is 0 Å². The number of aryl methyl sites for hydroxylation is 2. The Balaban J connectivity index is 1.71. The Labute approximate surface area is 158 Å². The summed E-state index contributed by atoms with van der Waals surface area (Å²) in [5.41, 5.74) is 1.24. The molecule has 0 atom stereocenters. The molecule has 3 aromatic heterocycles. The van der Waals surface area contributed by atoms with Gasteiger partial charge in [0.2, 0.25) is 5.91 Å². The van der Waals surface area contributed by atoms with Crippen LogP contribution in [0.4, 0.5) is 5.13 Å². The van der Waals surface area contributed by atoms with Crippen molar-refractivity contribution >= 4 is 34.1 Å². The topological polar surface area (TPSA) is 94.7 Å². The molecule has 8 nitrogen and oxygen atoms in total. The molecule has 0 aromatic carbocycles. The molecule has 0 saturated carbocycles. The van der Waals surface area contributed by atoms with E-state index in [-0.39, 0.29) is 17.2 Å². The Hall–Kier alpha value is -2.46. The molecule has 0 unspecified atom stereocenters. The van der Waals surface area contributed by atoms with Crippen molar-refractivity contribution in [3.8, 4) is 11.4 Å². The average Bonchev–Trinajstić information content (AvgIpc) is 3.19. The number of aromatic nitrogens is 5. The molecule has 0 bridgehead atoms. The van der Waals surface area contributed by atoms with E-state index in [0.717, 1.165) is 5.69 Å². The van der Waals surface area contributed by atoms with E-state index in [1.807, 2.05) is 25.3 Å². The lowest BCUT2D eigenvalue weighted by molar-refractivity contribution is -0.113. The summed E-state index contributed by atoms with van der Waals surface area (Å²) in [6.45, 7) is 4.37. The van der Waals surface area contributed by atoms with Gasteiger partial charge in [-0.3, -0.25) is 9.59 Å². The quantitative estimate of drug-likeness (QED) is 0.648. The van der Waals surface area contributed by atoms with Crippen LogP contribution in [0.5, 0.6) is 0 Å². The predicted octanol–water partition coefficient (Wildman–Crippen LogP) is 2.16. The van der Waals surface area contributed by atoms with Crippen LogP contribution >= 0.6 is 23.1 Å². The molecule has 136 valence electrons. The maximum atomic E-state index is 12.4. The summed E-state index contributed by atoms with van der Waals surface area (Å²) in [6.07, 6.45) is 1.74. The van der Waals surface area contributed by atoms with E-state index < -0.39 is 0 Å². The number of thiazole rings is 1. The lowest BCUT2D eigenvalue weighted by atomic mass is 10.2. The van der Waals surface area contributed by atoms with Gasteiger partial charge in [0.25, 0.3) is 5.56 Å². The van der Waals surface area contributed by atoms with Crippen molar-refractivity contribution < 1.29 is 4.79 Å². The summed E-state index contributed by atoms with van der Waals surface area (Å²) in [5, 5.41) is 14.0. The zero-order valence-electron chi connectivity index (χ0n) is 14.6. The van der Waals surface area contributed by atoms with E-state index in [9.17, 15) is 9.59 Å². The first-order valence-corrected chi connectivity index (χ1v) is 9.80. The average molecular weight is 390 g/mol. The van der Waals surface area contributed by atoms with Crippen LogP contribution in [0.3, 0.4) is 0 Å². The highest BCUT2D eigenvalue weighted by Gasteiger charge is 2.16. The number of carbonyl (C=O) groups excluding carboxylic acids is 1. The third-order valence-electron chi connectivity index (χ3n) is 3.63. The number of hydrogen-bond donors (Lipinski definition) is 1. The van der Waals surface area contributed by atoms with Crippen LogP contribution in [0, 0.1) is 6.92 Å². The molecule has 1 amide bonds. The van der Waals surface area contributed by atoms with Gasteiger partial charge in [-0.2, -0.15) is 0 Å². The molecular weight excluding hydrogens is 372 g/mol. The number of pyridine rings is 1.